The molecule has 0 bridgehead atoms. The van der Waals surface area contributed by atoms with Gasteiger partial charge >= 0.3 is 7.32 Å². The Morgan fingerprint density at radius 3 is 1.61 bits per heavy atom. The highest BCUT2D eigenvalue weighted by atomic mass is 16.7. The van der Waals surface area contributed by atoms with Crippen LogP contribution in [0.15, 0.2) is 73.5 Å². The van der Waals surface area contributed by atoms with Gasteiger partial charge in [-0.25, -0.2) is 0 Å². The van der Waals surface area contributed by atoms with Crippen LogP contribution in [0.2, 0.25) is 0 Å². The monoisotopic (exact) mass is 240 g/mol. The van der Waals surface area contributed by atoms with E-state index in [1.54, 1.807) is 0 Å². The van der Waals surface area contributed by atoms with Crippen LogP contribution in [0.25, 0.3) is 0 Å². The van der Waals surface area contributed by atoms with E-state index in [9.17, 15) is 0 Å². The largest absolute Gasteiger partial charge is 0.863 e. The van der Waals surface area contributed by atoms with Crippen molar-refractivity contribution >= 4 is 7.32 Å². The van der Waals surface area contributed by atoms with Gasteiger partial charge < -0.3 is 14.0 Å². The van der Waals surface area contributed by atoms with Gasteiger partial charge in [-0.15, -0.1) is 0 Å². The minimum Gasteiger partial charge on any atom is -0.497 e. The summed E-state index contributed by atoms with van der Waals surface area (Å²) < 4.78 is 16.3. The summed E-state index contributed by atoms with van der Waals surface area (Å²) in [5, 5.41) is 0. The molecule has 90 valence electrons. The zero-order chi connectivity index (χ0) is 12.6. The van der Waals surface area contributed by atoms with Crippen molar-refractivity contribution in [3.8, 4) is 11.5 Å². The summed E-state index contributed by atoms with van der Waals surface area (Å²) in [7, 11) is -0.854. The lowest BCUT2D eigenvalue weighted by molar-refractivity contribution is 0.277. The third-order valence-corrected chi connectivity index (χ3v) is 2.16. The highest BCUT2D eigenvalue weighted by Crippen LogP contribution is 2.14. The van der Waals surface area contributed by atoms with Crippen LogP contribution < -0.4 is 9.31 Å². The number of benzene rings is 2. The minimum atomic E-state index is -0.854. The first kappa shape index (κ1) is 12.1. The number of hydrogen-bond donors (Lipinski definition) is 0. The maximum Gasteiger partial charge on any atom is 0.863 e. The Morgan fingerprint density at radius 2 is 1.22 bits per heavy atom. The van der Waals surface area contributed by atoms with Gasteiger partial charge in [0.25, 0.3) is 0 Å². The molecule has 0 amide bonds. The fourth-order valence-electron chi connectivity index (χ4n) is 1.38. The third-order valence-electron chi connectivity index (χ3n) is 2.16. The molecule has 0 saturated carbocycles. The van der Waals surface area contributed by atoms with Crippen molar-refractivity contribution in [3.63, 3.8) is 0 Å². The highest BCUT2D eigenvalue weighted by Gasteiger charge is 2.27. The molecule has 0 fully saturated rings. The average molecular weight is 240 g/mol. The third kappa shape index (κ3) is 3.59. The molecular formula is C14H13BO3. The Bertz CT molecular complexity index is 431. The summed E-state index contributed by atoms with van der Waals surface area (Å²) >= 11 is 0. The fourth-order valence-corrected chi connectivity index (χ4v) is 1.38. The Kier molecular flexibility index (Phi) is 4.30. The number of hydrogen-bond acceptors (Lipinski definition) is 3. The van der Waals surface area contributed by atoms with Crippen molar-refractivity contribution in [2.45, 2.75) is 0 Å². The van der Waals surface area contributed by atoms with Gasteiger partial charge in [0.2, 0.25) is 0 Å². The van der Waals surface area contributed by atoms with Crippen LogP contribution in [0.1, 0.15) is 0 Å². The quantitative estimate of drug-likeness (QED) is 0.572. The second-order valence-corrected chi connectivity index (χ2v) is 3.45. The van der Waals surface area contributed by atoms with Crippen molar-refractivity contribution in [1.82, 2.24) is 0 Å². The molecule has 0 unspecified atom stereocenters. The topological polar surface area (TPSA) is 27.7 Å². The summed E-state index contributed by atoms with van der Waals surface area (Å²) in [6.45, 7) is 3.50. The molecule has 0 heterocycles. The molecule has 3 nitrogen and oxygen atoms in total. The van der Waals surface area contributed by atoms with Crippen molar-refractivity contribution in [2.75, 3.05) is 0 Å². The average Bonchev–Trinajstić information content (AvgIpc) is 2.41. The molecule has 0 N–H and O–H groups in total. The normalized spacial score (nSPS) is 9.33. The van der Waals surface area contributed by atoms with E-state index in [-0.39, 0.29) is 0 Å². The van der Waals surface area contributed by atoms with Crippen LogP contribution in [-0.2, 0) is 4.65 Å². The lowest BCUT2D eigenvalue weighted by Crippen LogP contribution is -2.31. The van der Waals surface area contributed by atoms with Gasteiger partial charge in [-0.3, -0.25) is 0 Å². The summed E-state index contributed by atoms with van der Waals surface area (Å²) in [5.41, 5.74) is 0. The zero-order valence-corrected chi connectivity index (χ0v) is 9.86. The van der Waals surface area contributed by atoms with Crippen molar-refractivity contribution < 1.29 is 14.0 Å². The van der Waals surface area contributed by atoms with Gasteiger partial charge in [0, 0.05) is 0 Å². The Hall–Kier alpha value is -2.36. The summed E-state index contributed by atoms with van der Waals surface area (Å²) in [4.78, 5) is 0. The van der Waals surface area contributed by atoms with Gasteiger partial charge in [-0.2, -0.15) is 0 Å². The predicted molar refractivity (Wildman–Crippen MR) is 71.2 cm³/mol. The molecule has 0 atom stereocenters. The first-order valence-corrected chi connectivity index (χ1v) is 5.58. The van der Waals surface area contributed by atoms with E-state index in [0.717, 1.165) is 0 Å². The van der Waals surface area contributed by atoms with E-state index in [1.165, 1.54) is 6.26 Å². The smallest absolute Gasteiger partial charge is 0.497 e. The van der Waals surface area contributed by atoms with Gasteiger partial charge in [0.1, 0.15) is 11.5 Å². The SMILES string of the molecule is C=COB(Oc1ccccc1)Oc1ccccc1. The molecule has 2 aromatic rings. The van der Waals surface area contributed by atoms with Gasteiger partial charge in [-0.1, -0.05) is 43.0 Å². The van der Waals surface area contributed by atoms with Gasteiger partial charge in [-0.05, 0) is 24.3 Å². The highest BCUT2D eigenvalue weighted by molar-refractivity contribution is 6.38. The lowest BCUT2D eigenvalue weighted by atomic mass is 10.2. The van der Waals surface area contributed by atoms with Crippen LogP contribution in [-0.4, -0.2) is 7.32 Å². The zero-order valence-electron chi connectivity index (χ0n) is 9.86. The van der Waals surface area contributed by atoms with Crippen molar-refractivity contribution in [3.05, 3.63) is 73.5 Å². The summed E-state index contributed by atoms with van der Waals surface area (Å²) in [6.07, 6.45) is 1.29. The van der Waals surface area contributed by atoms with Crippen LogP contribution in [0.3, 0.4) is 0 Å². The Balaban J connectivity index is 2.02. The number of rotatable bonds is 6. The predicted octanol–water partition coefficient (Wildman–Crippen LogP) is 3.29. The Morgan fingerprint density at radius 1 is 0.778 bits per heavy atom. The van der Waals surface area contributed by atoms with E-state index in [4.69, 9.17) is 14.0 Å². The molecule has 2 aromatic carbocycles. The van der Waals surface area contributed by atoms with Gasteiger partial charge in [0.15, 0.2) is 0 Å². The van der Waals surface area contributed by atoms with Crippen molar-refractivity contribution in [2.24, 2.45) is 0 Å². The molecule has 0 aliphatic rings. The first-order chi connectivity index (χ1) is 8.88. The van der Waals surface area contributed by atoms with E-state index >= 15 is 0 Å². The van der Waals surface area contributed by atoms with E-state index in [0.29, 0.717) is 11.5 Å². The van der Waals surface area contributed by atoms with Crippen LogP contribution >= 0.6 is 0 Å². The minimum absolute atomic E-state index is 0.667. The maximum absolute atomic E-state index is 5.54. The van der Waals surface area contributed by atoms with Gasteiger partial charge in [0.05, 0.1) is 6.26 Å². The molecule has 0 aliphatic carbocycles. The second kappa shape index (κ2) is 6.40. The molecule has 18 heavy (non-hydrogen) atoms. The first-order valence-electron chi connectivity index (χ1n) is 5.58. The van der Waals surface area contributed by atoms with Crippen LogP contribution in [0.5, 0.6) is 11.5 Å². The lowest BCUT2D eigenvalue weighted by Gasteiger charge is -2.13. The van der Waals surface area contributed by atoms with Crippen LogP contribution in [0.4, 0.5) is 0 Å². The molecule has 2 rings (SSSR count). The molecular weight excluding hydrogens is 227 g/mol. The van der Waals surface area contributed by atoms with E-state index in [1.807, 2.05) is 60.7 Å². The van der Waals surface area contributed by atoms with Crippen LogP contribution in [0, 0.1) is 0 Å². The molecule has 0 aliphatic heterocycles. The number of para-hydroxylation sites is 2. The summed E-state index contributed by atoms with van der Waals surface area (Å²) in [6, 6.07) is 18.6. The molecule has 0 spiro atoms. The molecule has 4 heteroatoms. The Labute approximate surface area is 107 Å². The molecule has 0 saturated heterocycles. The van der Waals surface area contributed by atoms with E-state index < -0.39 is 7.32 Å². The fraction of sp³-hybridized carbons (Fsp3) is 0. The summed E-state index contributed by atoms with van der Waals surface area (Å²) in [5.74, 6) is 1.33. The standard InChI is InChI=1S/C14H13BO3/c1-2-16-15(17-13-9-5-3-6-10-13)18-14-11-7-4-8-12-14/h2-12H,1H2. The van der Waals surface area contributed by atoms with Crippen molar-refractivity contribution in [1.29, 1.82) is 0 Å². The molecule has 0 radical (unpaired) electrons. The second-order valence-electron chi connectivity index (χ2n) is 3.45. The maximum atomic E-state index is 5.54. The molecule has 0 aromatic heterocycles. The van der Waals surface area contributed by atoms with E-state index in [2.05, 4.69) is 6.58 Å².